The number of sulfonamides is 1. The van der Waals surface area contributed by atoms with Gasteiger partial charge in [0.1, 0.15) is 17.3 Å². The van der Waals surface area contributed by atoms with E-state index in [1.54, 1.807) is 13.3 Å². The largest absolute Gasteiger partial charge is 0.465 e. The molecule has 3 N–H and O–H groups in total. The van der Waals surface area contributed by atoms with Gasteiger partial charge in [0.05, 0.1) is 40.3 Å². The van der Waals surface area contributed by atoms with Crippen LogP contribution in [-0.4, -0.2) is 136 Å². The van der Waals surface area contributed by atoms with E-state index in [0.29, 0.717) is 37.4 Å². The number of fused-ring (bicyclic) bond motifs is 7. The number of methoxy groups -OCH3 is 1. The Kier molecular flexibility index (Phi) is 14.6. The van der Waals surface area contributed by atoms with Crippen LogP contribution >= 0.6 is 11.3 Å². The third-order valence-electron chi connectivity index (χ3n) is 12.7. The van der Waals surface area contributed by atoms with Crippen LogP contribution in [0.15, 0.2) is 41.9 Å². The Labute approximate surface area is 387 Å². The molecular formula is C45H61N9O8S2Si. The number of carbonyl (C=O) groups excluding carboxylic acids is 4. The van der Waals surface area contributed by atoms with E-state index < -0.39 is 56.2 Å². The van der Waals surface area contributed by atoms with Gasteiger partial charge in [-0.25, -0.2) is 22.9 Å². The normalized spacial score (nSPS) is 20.7. The second-order valence-electron chi connectivity index (χ2n) is 18.3. The first-order valence-corrected chi connectivity index (χ1v) is 25.7. The summed E-state index contributed by atoms with van der Waals surface area (Å²) in [4.78, 5) is 69.0. The molecular weight excluding hydrogens is 887 g/mol. The van der Waals surface area contributed by atoms with Crippen LogP contribution in [-0.2, 0) is 53.3 Å². The number of nitrogens with one attached hydrogen (secondary N) is 3. The number of pyridine rings is 1. The van der Waals surface area contributed by atoms with Gasteiger partial charge in [0.25, 0.3) is 5.91 Å². The summed E-state index contributed by atoms with van der Waals surface area (Å²) in [6.07, 6.45) is 3.21. The van der Waals surface area contributed by atoms with E-state index in [1.165, 1.54) is 40.2 Å². The zero-order valence-electron chi connectivity index (χ0n) is 38.6. The van der Waals surface area contributed by atoms with E-state index in [9.17, 15) is 27.6 Å². The Bertz CT molecular complexity index is 2540. The van der Waals surface area contributed by atoms with Gasteiger partial charge in [-0.05, 0) is 75.9 Å². The average Bonchev–Trinajstić information content (AvgIpc) is 3.75. The van der Waals surface area contributed by atoms with Crippen LogP contribution in [0.25, 0.3) is 33.4 Å². The highest BCUT2D eigenvalue weighted by Gasteiger charge is 2.43. The molecule has 350 valence electrons. The highest BCUT2D eigenvalue weighted by molar-refractivity contribution is 7.90. The smallest absolute Gasteiger partial charge is 0.320 e. The first-order valence-electron chi connectivity index (χ1n) is 22.2. The third-order valence-corrected chi connectivity index (χ3v) is 16.6. The minimum absolute atomic E-state index is 0.00107. The lowest BCUT2D eigenvalue weighted by Crippen LogP contribution is -2.64. The summed E-state index contributed by atoms with van der Waals surface area (Å²) in [5.41, 5.74) is 5.60. The Hall–Kier alpha value is -4.73. The molecule has 0 unspecified atom stereocenters. The van der Waals surface area contributed by atoms with Crippen LogP contribution < -0.4 is 15.1 Å². The van der Waals surface area contributed by atoms with Crippen molar-refractivity contribution in [1.82, 2.24) is 44.5 Å². The van der Waals surface area contributed by atoms with Crippen LogP contribution in [0.2, 0.25) is 5.54 Å². The monoisotopic (exact) mass is 947 g/mol. The molecule has 20 heteroatoms. The molecule has 17 nitrogen and oxygen atoms in total. The molecule has 2 fully saturated rings. The highest BCUT2D eigenvalue weighted by Crippen LogP contribution is 2.42. The van der Waals surface area contributed by atoms with Crippen molar-refractivity contribution in [2.24, 2.45) is 11.3 Å². The number of aromatic nitrogens is 3. The van der Waals surface area contributed by atoms with Gasteiger partial charge in [-0.3, -0.25) is 29.5 Å². The number of hydrazine groups is 1. The lowest BCUT2D eigenvalue weighted by Gasteiger charge is -2.42. The van der Waals surface area contributed by atoms with Crippen molar-refractivity contribution in [3.8, 4) is 22.5 Å². The molecule has 6 bridgehead atoms. The average molecular weight is 948 g/mol. The molecule has 4 aromatic rings. The van der Waals surface area contributed by atoms with Gasteiger partial charge < -0.3 is 29.2 Å². The zero-order chi connectivity index (χ0) is 47.0. The summed E-state index contributed by atoms with van der Waals surface area (Å²) < 4.78 is 41.2. The van der Waals surface area contributed by atoms with Crippen LogP contribution in [0.5, 0.6) is 0 Å². The summed E-state index contributed by atoms with van der Waals surface area (Å²) in [7, 11) is 0.816. The second-order valence-corrected chi connectivity index (χ2v) is 22.6. The van der Waals surface area contributed by atoms with Gasteiger partial charge in [0.15, 0.2) is 9.68 Å². The standard InChI is InChI=1S/C45H61N9O8S2Si/c1-10-53-35-16-15-28-19-31(35)32(40(53)30-13-11-17-47-38(30)27(4)61-9)21-45(5,6)25-62-43(57)36-14-12-18-54(50-65-36)42(56)33(20-37-48-34(28)24-63-37)49-41(55)39(26(2)3)51(8)44(58)52-22-29(23-52)64(59,60)46-7/h11,13,15-17,19,24,26-27,29,33,36,39,46,50H,10,12,14,18,20-23,25H2,1-9H3,(H,49,55)/t27-,33-,36-,39-/m0/s1. The van der Waals surface area contributed by atoms with Crippen molar-refractivity contribution in [2.75, 3.05) is 47.4 Å². The lowest BCUT2D eigenvalue weighted by atomic mass is 9.84. The molecule has 2 radical (unpaired) electrons. The molecule has 2 saturated heterocycles. The van der Waals surface area contributed by atoms with Gasteiger partial charge in [-0.15, -0.1) is 11.3 Å². The molecule has 0 saturated carbocycles. The fourth-order valence-electron chi connectivity index (χ4n) is 9.01. The van der Waals surface area contributed by atoms with Gasteiger partial charge in [0.2, 0.25) is 15.9 Å². The maximum Gasteiger partial charge on any atom is 0.320 e. The second kappa shape index (κ2) is 19.6. The lowest BCUT2D eigenvalue weighted by molar-refractivity contribution is -0.146. The molecule has 7 rings (SSSR count). The number of nitrogens with zero attached hydrogens (tertiary/aromatic N) is 6. The van der Waals surface area contributed by atoms with Crippen molar-refractivity contribution in [2.45, 2.75) is 103 Å². The molecule has 1 aromatic carbocycles. The summed E-state index contributed by atoms with van der Waals surface area (Å²) >= 11 is 1.40. The number of hydrogen-bond donors (Lipinski definition) is 3. The van der Waals surface area contributed by atoms with E-state index in [4.69, 9.17) is 19.4 Å². The molecule has 3 aromatic heterocycles. The number of likely N-dealkylation sites (tertiary alicyclic amines) is 1. The third kappa shape index (κ3) is 10.0. The zero-order valence-corrected chi connectivity index (χ0v) is 41.3. The van der Waals surface area contributed by atoms with Crippen LogP contribution in [0.1, 0.15) is 76.8 Å². The predicted molar refractivity (Wildman–Crippen MR) is 250 cm³/mol. The number of esters is 1. The number of ether oxygens (including phenoxy) is 2. The Balaban J connectivity index is 1.26. The van der Waals surface area contributed by atoms with Crippen molar-refractivity contribution < 1.29 is 37.1 Å². The number of urea groups is 1. The first kappa shape index (κ1) is 48.2. The minimum atomic E-state index is -3.56. The number of rotatable bonds is 10. The van der Waals surface area contributed by atoms with E-state index >= 15 is 0 Å². The Morgan fingerprint density at radius 1 is 1.17 bits per heavy atom. The van der Waals surface area contributed by atoms with E-state index in [1.807, 2.05) is 32.2 Å². The van der Waals surface area contributed by atoms with E-state index in [-0.39, 0.29) is 53.8 Å². The highest BCUT2D eigenvalue weighted by atomic mass is 32.2. The summed E-state index contributed by atoms with van der Waals surface area (Å²) in [6.45, 7) is 13.1. The van der Waals surface area contributed by atoms with Gasteiger partial charge in [-0.2, -0.15) is 0 Å². The SMILES string of the molecule is CCn1c(-c2cccnc2[C@H](C)OC)c2c3cc(ccc31)-c1csc(n1)C[C@H](NC(=O)[C@H](C(C)C)N(C)C(=O)N1CC(S(=O)(=O)NC)C1)C(=O)N1CCC[C@H]([Si]N1)C(=O)OCC(C)(C)C2. The quantitative estimate of drug-likeness (QED) is 0.149. The van der Waals surface area contributed by atoms with Crippen LogP contribution in [0, 0.1) is 11.3 Å². The van der Waals surface area contributed by atoms with E-state index in [2.05, 4.69) is 64.7 Å². The maximum absolute atomic E-state index is 14.6. The fourth-order valence-corrected chi connectivity index (χ4v) is 12.0. The van der Waals surface area contributed by atoms with Crippen molar-refractivity contribution in [3.05, 3.63) is 58.2 Å². The first-order chi connectivity index (χ1) is 30.9. The van der Waals surface area contributed by atoms with Gasteiger partial charge in [0, 0.05) is 85.8 Å². The van der Waals surface area contributed by atoms with Crippen LogP contribution in [0.4, 0.5) is 4.79 Å². The predicted octanol–water partition coefficient (Wildman–Crippen LogP) is 4.55. The molecule has 4 atom stereocenters. The summed E-state index contributed by atoms with van der Waals surface area (Å²) in [5, 5.41) is 10.6. The topological polar surface area (TPSA) is 197 Å². The van der Waals surface area contributed by atoms with E-state index in [0.717, 1.165) is 44.7 Å². The Morgan fingerprint density at radius 3 is 2.62 bits per heavy atom. The number of carbonyl (C=O) groups is 4. The number of cyclic esters (lactones) is 1. The van der Waals surface area contributed by atoms with Crippen molar-refractivity contribution >= 4 is 65.8 Å². The minimum Gasteiger partial charge on any atom is -0.465 e. The molecule has 6 heterocycles. The summed E-state index contributed by atoms with van der Waals surface area (Å²) in [5.74, 6) is -1.62. The Morgan fingerprint density at radius 2 is 1.92 bits per heavy atom. The molecule has 0 aliphatic carbocycles. The van der Waals surface area contributed by atoms with Gasteiger partial charge in [-0.1, -0.05) is 33.8 Å². The van der Waals surface area contributed by atoms with Crippen LogP contribution in [0.3, 0.4) is 0 Å². The number of benzene rings is 1. The maximum atomic E-state index is 14.6. The number of thiazole rings is 1. The van der Waals surface area contributed by atoms with Crippen molar-refractivity contribution in [3.63, 3.8) is 0 Å². The molecule has 4 amide bonds. The molecule has 65 heavy (non-hydrogen) atoms. The fraction of sp³-hybridized carbons (Fsp3) is 0.556. The van der Waals surface area contributed by atoms with Crippen molar-refractivity contribution in [1.29, 1.82) is 0 Å². The number of likely N-dealkylation sites (N-methyl/N-ethyl adjacent to an activating group) is 1. The molecule has 3 aliphatic heterocycles. The summed E-state index contributed by atoms with van der Waals surface area (Å²) in [6, 6.07) is 7.81. The van der Waals surface area contributed by atoms with Gasteiger partial charge >= 0.3 is 12.0 Å². The number of aryl methyl sites for hydroxylation is 1. The molecule has 0 spiro atoms. The number of hydrogen-bond acceptors (Lipinski definition) is 12. The molecule has 3 aliphatic rings. The number of amides is 4.